The summed E-state index contributed by atoms with van der Waals surface area (Å²) in [7, 11) is -3.46. The summed E-state index contributed by atoms with van der Waals surface area (Å²) >= 11 is 1.30. The van der Waals surface area contributed by atoms with E-state index >= 15 is 0 Å². The van der Waals surface area contributed by atoms with Crippen LogP contribution in [-0.2, 0) is 14.8 Å². The lowest BCUT2D eigenvalue weighted by Gasteiger charge is -2.15. The number of rotatable bonds is 6. The maximum atomic E-state index is 12.5. The van der Waals surface area contributed by atoms with E-state index in [1.165, 1.54) is 22.3 Å². The number of hydrogen-bond donors (Lipinski definition) is 1. The Morgan fingerprint density at radius 3 is 2.59 bits per heavy atom. The monoisotopic (exact) mass is 405 g/mol. The van der Waals surface area contributed by atoms with Crippen molar-refractivity contribution in [2.24, 2.45) is 0 Å². The van der Waals surface area contributed by atoms with Crippen molar-refractivity contribution in [2.75, 3.05) is 18.4 Å². The third-order valence-electron chi connectivity index (χ3n) is 4.36. The highest BCUT2D eigenvalue weighted by Crippen LogP contribution is 2.25. The van der Waals surface area contributed by atoms with Gasteiger partial charge in [-0.05, 0) is 56.5 Å². The van der Waals surface area contributed by atoms with Crippen LogP contribution in [0.2, 0.25) is 0 Å². The summed E-state index contributed by atoms with van der Waals surface area (Å²) in [4.78, 5) is 16.8. The van der Waals surface area contributed by atoms with Gasteiger partial charge in [-0.25, -0.2) is 13.4 Å². The summed E-state index contributed by atoms with van der Waals surface area (Å²) in [5, 5.41) is 3.14. The Hall–Kier alpha value is -1.90. The summed E-state index contributed by atoms with van der Waals surface area (Å²) in [5.41, 5.74) is 1.83. The minimum Gasteiger partial charge on any atom is -0.325 e. The predicted octanol–water partition coefficient (Wildman–Crippen LogP) is 3.29. The topological polar surface area (TPSA) is 79.4 Å². The van der Waals surface area contributed by atoms with E-state index in [1.807, 2.05) is 31.2 Å². The molecule has 2 heterocycles. The second-order valence-electron chi connectivity index (χ2n) is 6.56. The molecule has 0 radical (unpaired) electrons. The average molecular weight is 406 g/mol. The first-order valence-corrected chi connectivity index (χ1v) is 11.2. The fourth-order valence-corrected chi connectivity index (χ4v) is 5.12. The molecule has 1 N–H and O–H groups in total. The van der Waals surface area contributed by atoms with Crippen molar-refractivity contribution in [3.05, 3.63) is 48.2 Å². The van der Waals surface area contributed by atoms with Crippen LogP contribution in [0.1, 0.15) is 25.3 Å². The number of carbonyl (C=O) groups excluding carboxylic acids is 1. The van der Waals surface area contributed by atoms with Crippen LogP contribution in [0.4, 0.5) is 5.69 Å². The van der Waals surface area contributed by atoms with Crippen molar-refractivity contribution in [1.82, 2.24) is 9.29 Å². The molecule has 1 amide bonds. The number of aryl methyl sites for hydroxylation is 1. The normalized spacial score (nSPS) is 16.2. The molecular weight excluding hydrogens is 382 g/mol. The van der Waals surface area contributed by atoms with Crippen molar-refractivity contribution < 1.29 is 13.2 Å². The number of anilines is 1. The minimum atomic E-state index is -3.46. The molecule has 1 atom stereocenters. The fraction of sp³-hybridized carbons (Fsp3) is 0.368. The lowest BCUT2D eigenvalue weighted by molar-refractivity contribution is -0.115. The first-order valence-electron chi connectivity index (χ1n) is 8.86. The third kappa shape index (κ3) is 4.88. The van der Waals surface area contributed by atoms with E-state index in [4.69, 9.17) is 0 Å². The molecule has 1 aromatic heterocycles. The molecule has 0 spiro atoms. The van der Waals surface area contributed by atoms with E-state index in [2.05, 4.69) is 10.3 Å². The van der Waals surface area contributed by atoms with Gasteiger partial charge >= 0.3 is 0 Å². The van der Waals surface area contributed by atoms with Gasteiger partial charge in [-0.2, -0.15) is 4.31 Å². The summed E-state index contributed by atoms with van der Waals surface area (Å²) < 4.78 is 26.5. The van der Waals surface area contributed by atoms with Gasteiger partial charge in [0, 0.05) is 25.0 Å². The molecule has 1 aliphatic heterocycles. The Kier molecular flexibility index (Phi) is 6.18. The van der Waals surface area contributed by atoms with Crippen molar-refractivity contribution >= 4 is 33.4 Å². The maximum Gasteiger partial charge on any atom is 0.244 e. The van der Waals surface area contributed by atoms with Gasteiger partial charge in [0.15, 0.2) is 0 Å². The second-order valence-corrected chi connectivity index (χ2v) is 9.86. The number of sulfonamides is 1. The van der Waals surface area contributed by atoms with Gasteiger partial charge in [0.05, 0.1) is 10.3 Å². The van der Waals surface area contributed by atoms with Crippen molar-refractivity contribution in [3.8, 4) is 0 Å². The van der Waals surface area contributed by atoms with Crippen LogP contribution in [0, 0.1) is 6.92 Å². The second kappa shape index (κ2) is 8.41. The van der Waals surface area contributed by atoms with Crippen LogP contribution in [0.15, 0.2) is 52.5 Å². The van der Waals surface area contributed by atoms with Crippen molar-refractivity contribution in [1.29, 1.82) is 0 Å². The SMILES string of the molecule is Cc1cccc(NC(=O)C(C)Sc2ccc(S(=O)(=O)N3CCCC3)cn2)c1. The Balaban J connectivity index is 1.62. The van der Waals surface area contributed by atoms with Crippen molar-refractivity contribution in [2.45, 2.75) is 41.9 Å². The molecule has 0 saturated carbocycles. The van der Waals surface area contributed by atoms with Gasteiger partial charge in [0.25, 0.3) is 0 Å². The van der Waals surface area contributed by atoms with Crippen LogP contribution >= 0.6 is 11.8 Å². The summed E-state index contributed by atoms with van der Waals surface area (Å²) in [6, 6.07) is 10.8. The number of thioether (sulfide) groups is 1. The number of aromatic nitrogens is 1. The molecule has 1 fully saturated rings. The number of pyridine rings is 1. The number of nitrogens with one attached hydrogen (secondary N) is 1. The van der Waals surface area contributed by atoms with E-state index in [-0.39, 0.29) is 16.1 Å². The van der Waals surface area contributed by atoms with Gasteiger partial charge in [-0.3, -0.25) is 4.79 Å². The number of nitrogens with zero attached hydrogens (tertiary/aromatic N) is 2. The molecule has 27 heavy (non-hydrogen) atoms. The Morgan fingerprint density at radius 1 is 1.22 bits per heavy atom. The zero-order chi connectivity index (χ0) is 19.4. The number of amides is 1. The molecule has 1 aliphatic rings. The van der Waals surface area contributed by atoms with E-state index in [0.717, 1.165) is 24.1 Å². The first kappa shape index (κ1) is 19.9. The third-order valence-corrected chi connectivity index (χ3v) is 7.30. The summed E-state index contributed by atoms with van der Waals surface area (Å²) in [5.74, 6) is -0.124. The molecule has 2 aromatic rings. The standard InChI is InChI=1S/C19H23N3O3S2/c1-14-6-5-7-16(12-14)21-19(23)15(2)26-18-9-8-17(13-20-18)27(24,25)22-10-3-4-11-22/h5-9,12-13,15H,3-4,10-11H2,1-2H3,(H,21,23). The molecule has 1 unspecified atom stereocenters. The van der Waals surface area contributed by atoms with Gasteiger partial charge in [0.2, 0.25) is 15.9 Å². The highest BCUT2D eigenvalue weighted by molar-refractivity contribution is 8.00. The van der Waals surface area contributed by atoms with Crippen LogP contribution in [0.5, 0.6) is 0 Å². The zero-order valence-corrected chi connectivity index (χ0v) is 17.0. The molecule has 1 saturated heterocycles. The Bertz CT molecular complexity index is 908. The largest absolute Gasteiger partial charge is 0.325 e. The lowest BCUT2D eigenvalue weighted by Crippen LogP contribution is -2.28. The van der Waals surface area contributed by atoms with Crippen LogP contribution in [0.3, 0.4) is 0 Å². The van der Waals surface area contributed by atoms with E-state index in [0.29, 0.717) is 18.1 Å². The Labute approximate surface area is 164 Å². The zero-order valence-electron chi connectivity index (χ0n) is 15.4. The number of carbonyl (C=O) groups is 1. The van der Waals surface area contributed by atoms with Crippen LogP contribution in [0.25, 0.3) is 0 Å². The van der Waals surface area contributed by atoms with Crippen LogP contribution in [-0.4, -0.2) is 42.0 Å². The first-order chi connectivity index (χ1) is 12.9. The van der Waals surface area contributed by atoms with Crippen molar-refractivity contribution in [3.63, 3.8) is 0 Å². The predicted molar refractivity (Wildman–Crippen MR) is 107 cm³/mol. The quantitative estimate of drug-likeness (QED) is 0.746. The smallest absolute Gasteiger partial charge is 0.244 e. The van der Waals surface area contributed by atoms with Gasteiger partial charge in [-0.1, -0.05) is 23.9 Å². The molecule has 8 heteroatoms. The average Bonchev–Trinajstić information content (AvgIpc) is 3.17. The number of benzene rings is 1. The summed E-state index contributed by atoms with van der Waals surface area (Å²) in [6.45, 7) is 4.89. The Morgan fingerprint density at radius 2 is 1.96 bits per heavy atom. The fourth-order valence-electron chi connectivity index (χ4n) is 2.87. The molecular formula is C19H23N3O3S2. The molecule has 0 bridgehead atoms. The van der Waals surface area contributed by atoms with Crippen LogP contribution < -0.4 is 5.32 Å². The van der Waals surface area contributed by atoms with E-state index in [1.54, 1.807) is 19.1 Å². The van der Waals surface area contributed by atoms with E-state index < -0.39 is 10.0 Å². The maximum absolute atomic E-state index is 12.5. The van der Waals surface area contributed by atoms with Gasteiger partial charge in [0.1, 0.15) is 4.90 Å². The summed E-state index contributed by atoms with van der Waals surface area (Å²) in [6.07, 6.45) is 3.17. The highest BCUT2D eigenvalue weighted by atomic mass is 32.2. The number of hydrogen-bond acceptors (Lipinski definition) is 5. The molecule has 144 valence electrons. The molecule has 3 rings (SSSR count). The highest BCUT2D eigenvalue weighted by Gasteiger charge is 2.27. The molecule has 1 aromatic carbocycles. The lowest BCUT2D eigenvalue weighted by atomic mass is 10.2. The van der Waals surface area contributed by atoms with E-state index in [9.17, 15) is 13.2 Å². The van der Waals surface area contributed by atoms with Gasteiger partial charge in [-0.15, -0.1) is 0 Å². The van der Waals surface area contributed by atoms with Gasteiger partial charge < -0.3 is 5.32 Å². The molecule has 0 aliphatic carbocycles. The minimum absolute atomic E-state index is 0.124. The molecule has 6 nitrogen and oxygen atoms in total.